The van der Waals surface area contributed by atoms with E-state index in [1.165, 1.54) is 12.1 Å². The molecule has 4 rings (SSSR count). The maximum atomic E-state index is 12.8. The van der Waals surface area contributed by atoms with Crippen molar-refractivity contribution in [2.45, 2.75) is 0 Å². The van der Waals surface area contributed by atoms with Crippen LogP contribution >= 0.6 is 0 Å². The molecule has 5 N–H and O–H groups in total. The van der Waals surface area contributed by atoms with Gasteiger partial charge in [0.1, 0.15) is 0 Å². The molecule has 0 saturated heterocycles. The summed E-state index contributed by atoms with van der Waals surface area (Å²) in [4.78, 5) is 38.9. The molecule has 0 radical (unpaired) electrons. The van der Waals surface area contributed by atoms with Crippen LogP contribution in [0.4, 0.5) is 22.7 Å². The first-order valence-corrected chi connectivity index (χ1v) is 8.49. The molecule has 0 saturated carbocycles. The third kappa shape index (κ3) is 2.95. The van der Waals surface area contributed by atoms with Crippen molar-refractivity contribution in [3.8, 4) is 0 Å². The molecule has 0 spiro atoms. The SMILES string of the molecule is Nc1ccc(N2C(=O)c3ccc(NC(=O)c4cccc(N)c4)cc3C2=O)cc1. The van der Waals surface area contributed by atoms with Gasteiger partial charge in [0.15, 0.2) is 0 Å². The zero-order chi connectivity index (χ0) is 19.8. The monoisotopic (exact) mass is 372 g/mol. The number of amides is 3. The zero-order valence-electron chi connectivity index (χ0n) is 14.7. The average molecular weight is 372 g/mol. The van der Waals surface area contributed by atoms with Gasteiger partial charge in [0.05, 0.1) is 16.8 Å². The summed E-state index contributed by atoms with van der Waals surface area (Å²) in [5.74, 6) is -1.23. The first-order chi connectivity index (χ1) is 13.4. The molecule has 3 amide bonds. The topological polar surface area (TPSA) is 119 Å². The van der Waals surface area contributed by atoms with Gasteiger partial charge in [0.25, 0.3) is 17.7 Å². The summed E-state index contributed by atoms with van der Waals surface area (Å²) in [5.41, 5.74) is 14.1. The van der Waals surface area contributed by atoms with Gasteiger partial charge in [-0.3, -0.25) is 14.4 Å². The Morgan fingerprint density at radius 2 is 1.50 bits per heavy atom. The van der Waals surface area contributed by atoms with Crippen LogP contribution in [-0.4, -0.2) is 17.7 Å². The number of nitrogens with two attached hydrogens (primary N) is 2. The molecule has 28 heavy (non-hydrogen) atoms. The molecule has 3 aromatic carbocycles. The number of hydrogen-bond donors (Lipinski definition) is 3. The molecule has 0 bridgehead atoms. The maximum absolute atomic E-state index is 12.8. The lowest BCUT2D eigenvalue weighted by atomic mass is 10.1. The second-order valence-electron chi connectivity index (χ2n) is 6.38. The minimum atomic E-state index is -0.454. The van der Waals surface area contributed by atoms with Crippen molar-refractivity contribution in [2.24, 2.45) is 0 Å². The lowest BCUT2D eigenvalue weighted by molar-refractivity contribution is 0.0924. The minimum Gasteiger partial charge on any atom is -0.399 e. The number of nitrogens with zero attached hydrogens (tertiary/aromatic N) is 1. The van der Waals surface area contributed by atoms with Crippen molar-refractivity contribution >= 4 is 40.5 Å². The Bertz CT molecular complexity index is 1120. The first kappa shape index (κ1) is 17.3. The van der Waals surface area contributed by atoms with Crippen LogP contribution in [0.25, 0.3) is 0 Å². The lowest BCUT2D eigenvalue weighted by Crippen LogP contribution is -2.29. The quantitative estimate of drug-likeness (QED) is 0.482. The molecule has 0 aliphatic carbocycles. The van der Waals surface area contributed by atoms with Crippen molar-refractivity contribution in [1.82, 2.24) is 0 Å². The van der Waals surface area contributed by atoms with E-state index in [1.807, 2.05) is 0 Å². The molecule has 0 unspecified atom stereocenters. The van der Waals surface area contributed by atoms with Crippen LogP contribution in [0.1, 0.15) is 31.1 Å². The largest absolute Gasteiger partial charge is 0.399 e. The maximum Gasteiger partial charge on any atom is 0.266 e. The van der Waals surface area contributed by atoms with Gasteiger partial charge < -0.3 is 16.8 Å². The number of hydrogen-bond acceptors (Lipinski definition) is 5. The number of carbonyl (C=O) groups is 3. The number of rotatable bonds is 3. The van der Waals surface area contributed by atoms with E-state index in [2.05, 4.69) is 5.32 Å². The van der Waals surface area contributed by atoms with Gasteiger partial charge in [-0.2, -0.15) is 0 Å². The number of nitrogens with one attached hydrogen (secondary N) is 1. The van der Waals surface area contributed by atoms with Gasteiger partial charge in [0, 0.05) is 22.6 Å². The number of imide groups is 1. The van der Waals surface area contributed by atoms with Crippen molar-refractivity contribution in [3.63, 3.8) is 0 Å². The summed E-state index contributed by atoms with van der Waals surface area (Å²) >= 11 is 0. The van der Waals surface area contributed by atoms with Crippen LogP contribution in [0.15, 0.2) is 66.7 Å². The summed E-state index contributed by atoms with van der Waals surface area (Å²) in [6.07, 6.45) is 0. The van der Waals surface area contributed by atoms with E-state index in [9.17, 15) is 14.4 Å². The lowest BCUT2D eigenvalue weighted by Gasteiger charge is -2.13. The van der Waals surface area contributed by atoms with Crippen LogP contribution in [0.3, 0.4) is 0 Å². The standard InChI is InChI=1S/C21H16N4O3/c22-13-4-7-16(8-5-13)25-20(27)17-9-6-15(11-18(17)21(25)28)24-19(26)12-2-1-3-14(23)10-12/h1-11H,22-23H2,(H,24,26). The molecule has 0 aromatic heterocycles. The van der Waals surface area contributed by atoms with E-state index in [0.717, 1.165) is 4.90 Å². The number of carbonyl (C=O) groups excluding carboxylic acids is 3. The predicted molar refractivity (Wildman–Crippen MR) is 107 cm³/mol. The zero-order valence-corrected chi connectivity index (χ0v) is 14.7. The summed E-state index contributed by atoms with van der Waals surface area (Å²) in [6.45, 7) is 0. The van der Waals surface area contributed by atoms with Crippen LogP contribution in [0, 0.1) is 0 Å². The molecular weight excluding hydrogens is 356 g/mol. The molecule has 3 aromatic rings. The molecule has 7 nitrogen and oxygen atoms in total. The third-order valence-corrected chi connectivity index (χ3v) is 4.44. The predicted octanol–water partition coefficient (Wildman–Crippen LogP) is 2.90. The molecule has 1 aliphatic heterocycles. The van der Waals surface area contributed by atoms with Gasteiger partial charge in [-0.15, -0.1) is 0 Å². The number of fused-ring (bicyclic) bond motifs is 1. The Kier molecular flexibility index (Phi) is 4.04. The Hall–Kier alpha value is -4.13. The fourth-order valence-electron chi connectivity index (χ4n) is 3.06. The van der Waals surface area contributed by atoms with Gasteiger partial charge in [0.2, 0.25) is 0 Å². The van der Waals surface area contributed by atoms with Crippen molar-refractivity contribution in [1.29, 1.82) is 0 Å². The van der Waals surface area contributed by atoms with Crippen LogP contribution in [0.2, 0.25) is 0 Å². The number of nitrogen functional groups attached to an aromatic ring is 2. The van der Waals surface area contributed by atoms with Gasteiger partial charge in [-0.25, -0.2) is 4.90 Å². The normalized spacial score (nSPS) is 12.8. The van der Waals surface area contributed by atoms with Crippen LogP contribution in [0.5, 0.6) is 0 Å². The fourth-order valence-corrected chi connectivity index (χ4v) is 3.06. The molecule has 0 fully saturated rings. The van der Waals surface area contributed by atoms with Gasteiger partial charge >= 0.3 is 0 Å². The van der Waals surface area contributed by atoms with Crippen LogP contribution < -0.4 is 21.7 Å². The fraction of sp³-hybridized carbons (Fsp3) is 0. The highest BCUT2D eigenvalue weighted by atomic mass is 16.2. The summed E-state index contributed by atoms with van der Waals surface area (Å²) in [7, 11) is 0. The van der Waals surface area contributed by atoms with Crippen LogP contribution in [-0.2, 0) is 0 Å². The van der Waals surface area contributed by atoms with Gasteiger partial charge in [-0.05, 0) is 60.7 Å². The Labute approximate surface area is 160 Å². The van der Waals surface area contributed by atoms with E-state index < -0.39 is 11.8 Å². The Morgan fingerprint density at radius 3 is 2.21 bits per heavy atom. The molecular formula is C21H16N4O3. The first-order valence-electron chi connectivity index (χ1n) is 8.49. The highest BCUT2D eigenvalue weighted by Crippen LogP contribution is 2.30. The Morgan fingerprint density at radius 1 is 0.786 bits per heavy atom. The van der Waals surface area contributed by atoms with Crippen molar-refractivity contribution in [2.75, 3.05) is 21.7 Å². The smallest absolute Gasteiger partial charge is 0.266 e. The van der Waals surface area contributed by atoms with E-state index in [0.29, 0.717) is 28.3 Å². The second kappa shape index (κ2) is 6.55. The third-order valence-electron chi connectivity index (χ3n) is 4.44. The van der Waals surface area contributed by atoms with E-state index in [-0.39, 0.29) is 17.0 Å². The molecule has 1 aliphatic rings. The summed E-state index contributed by atoms with van der Waals surface area (Å²) < 4.78 is 0. The van der Waals surface area contributed by atoms with E-state index >= 15 is 0 Å². The number of benzene rings is 3. The molecule has 0 atom stereocenters. The highest BCUT2D eigenvalue weighted by molar-refractivity contribution is 6.34. The van der Waals surface area contributed by atoms with Crippen molar-refractivity contribution in [3.05, 3.63) is 83.4 Å². The number of anilines is 4. The average Bonchev–Trinajstić information content (AvgIpc) is 2.93. The van der Waals surface area contributed by atoms with Gasteiger partial charge in [-0.1, -0.05) is 6.07 Å². The molecule has 7 heteroatoms. The van der Waals surface area contributed by atoms with E-state index in [1.54, 1.807) is 54.6 Å². The summed E-state index contributed by atoms with van der Waals surface area (Å²) in [6, 6.07) is 17.6. The molecule has 1 heterocycles. The molecule has 138 valence electrons. The van der Waals surface area contributed by atoms with Crippen molar-refractivity contribution < 1.29 is 14.4 Å². The second-order valence-corrected chi connectivity index (χ2v) is 6.38. The van der Waals surface area contributed by atoms with E-state index in [4.69, 9.17) is 11.5 Å². The summed E-state index contributed by atoms with van der Waals surface area (Å²) in [5, 5.41) is 2.72. The highest BCUT2D eigenvalue weighted by Gasteiger charge is 2.36. The Balaban J connectivity index is 1.62. The minimum absolute atomic E-state index is 0.229.